The molecule has 0 saturated heterocycles. The number of alkyl halides is 3. The first-order chi connectivity index (χ1) is 8.03. The number of nitrogens with zero attached hydrogens (tertiary/aromatic N) is 1. The van der Waals surface area contributed by atoms with Crippen molar-refractivity contribution >= 4 is 0 Å². The van der Waals surface area contributed by atoms with Crippen molar-refractivity contribution < 1.29 is 22.8 Å². The van der Waals surface area contributed by atoms with Crippen LogP contribution in [0, 0.1) is 10.1 Å². The van der Waals surface area contributed by atoms with Gasteiger partial charge in [0.05, 0.1) is 10.6 Å². The van der Waals surface area contributed by atoms with E-state index in [2.05, 4.69) is 10.1 Å². The van der Waals surface area contributed by atoms with E-state index in [1.165, 1.54) is 6.92 Å². The lowest BCUT2D eigenvalue weighted by Gasteiger charge is -2.29. The second kappa shape index (κ2) is 4.37. The number of rotatable bonds is 3. The number of ether oxygens (including phenoxy) is 1. The molecule has 1 rings (SSSR count). The van der Waals surface area contributed by atoms with Crippen molar-refractivity contribution in [3.63, 3.8) is 0 Å². The summed E-state index contributed by atoms with van der Waals surface area (Å²) >= 11 is 0. The molecule has 1 atom stereocenters. The van der Waals surface area contributed by atoms with Crippen molar-refractivity contribution in [2.45, 2.75) is 18.8 Å². The SMILES string of the molecule is CC1(N)NC(OCC(F)(F)F)=C(N)C=C1[N+](=O)[O-]. The predicted octanol–water partition coefficient (Wildman–Crippen LogP) is 0.132. The fourth-order valence-electron chi connectivity index (χ4n) is 1.25. The maximum Gasteiger partial charge on any atom is 0.422 e. The summed E-state index contributed by atoms with van der Waals surface area (Å²) in [6, 6.07) is 0. The van der Waals surface area contributed by atoms with E-state index in [1.54, 1.807) is 0 Å². The van der Waals surface area contributed by atoms with E-state index in [0.717, 1.165) is 6.08 Å². The standard InChI is InChI=1S/C8H11F3N4O3/c1-7(13)5(15(16)17)2-4(12)6(14-7)18-3-8(9,10)11/h2,14H,3,12-13H2,1H3. The third-order valence-corrected chi connectivity index (χ3v) is 2.04. The number of nitrogens with two attached hydrogens (primary N) is 2. The van der Waals surface area contributed by atoms with Crippen LogP contribution in [0.25, 0.3) is 0 Å². The average Bonchev–Trinajstić information content (AvgIpc) is 2.17. The molecule has 0 saturated carbocycles. The number of allylic oxidation sites excluding steroid dienone is 1. The molecule has 102 valence electrons. The van der Waals surface area contributed by atoms with Crippen LogP contribution in [-0.4, -0.2) is 23.4 Å². The molecule has 0 fully saturated rings. The maximum atomic E-state index is 12.0. The van der Waals surface area contributed by atoms with Gasteiger partial charge in [-0.15, -0.1) is 0 Å². The summed E-state index contributed by atoms with van der Waals surface area (Å²) in [7, 11) is 0. The van der Waals surface area contributed by atoms with Crippen molar-refractivity contribution in [2.75, 3.05) is 6.61 Å². The van der Waals surface area contributed by atoms with Gasteiger partial charge in [0, 0.05) is 6.08 Å². The minimum absolute atomic E-state index is 0.325. The van der Waals surface area contributed by atoms with Crippen LogP contribution in [0.4, 0.5) is 13.2 Å². The van der Waals surface area contributed by atoms with Gasteiger partial charge in [-0.1, -0.05) is 0 Å². The molecule has 7 nitrogen and oxygen atoms in total. The Labute approximate surface area is 99.4 Å². The van der Waals surface area contributed by atoms with Gasteiger partial charge < -0.3 is 15.8 Å². The normalized spacial score (nSPS) is 24.4. The largest absolute Gasteiger partial charge is 0.468 e. The quantitative estimate of drug-likeness (QED) is 0.495. The molecule has 0 aromatic carbocycles. The lowest BCUT2D eigenvalue weighted by atomic mass is 10.1. The van der Waals surface area contributed by atoms with Gasteiger partial charge in [0.25, 0.3) is 5.70 Å². The molecule has 0 aromatic heterocycles. The summed E-state index contributed by atoms with van der Waals surface area (Å²) in [5, 5.41) is 12.9. The van der Waals surface area contributed by atoms with E-state index >= 15 is 0 Å². The summed E-state index contributed by atoms with van der Waals surface area (Å²) in [6.07, 6.45) is -3.69. The van der Waals surface area contributed by atoms with Crippen LogP contribution < -0.4 is 16.8 Å². The molecule has 0 radical (unpaired) electrons. The third-order valence-electron chi connectivity index (χ3n) is 2.04. The summed E-state index contributed by atoms with van der Waals surface area (Å²) in [5.74, 6) is -0.442. The Bertz CT molecular complexity index is 428. The van der Waals surface area contributed by atoms with Gasteiger partial charge in [-0.25, -0.2) is 0 Å². The highest BCUT2D eigenvalue weighted by atomic mass is 19.4. The predicted molar refractivity (Wildman–Crippen MR) is 54.0 cm³/mol. The first kappa shape index (κ1) is 14.1. The summed E-state index contributed by atoms with van der Waals surface area (Å²) in [4.78, 5) is 9.88. The molecule has 0 amide bonds. The zero-order chi connectivity index (χ0) is 14.1. The van der Waals surface area contributed by atoms with Crippen molar-refractivity contribution in [3.8, 4) is 0 Å². The van der Waals surface area contributed by atoms with E-state index in [0.29, 0.717) is 0 Å². The number of dihydropyridines is 1. The van der Waals surface area contributed by atoms with Crippen LogP contribution >= 0.6 is 0 Å². The smallest absolute Gasteiger partial charge is 0.422 e. The summed E-state index contributed by atoms with van der Waals surface area (Å²) in [6.45, 7) is -0.362. The average molecular weight is 268 g/mol. The number of hydrogen-bond acceptors (Lipinski definition) is 6. The van der Waals surface area contributed by atoms with Gasteiger partial charge in [-0.2, -0.15) is 13.2 Å². The molecule has 1 aliphatic rings. The summed E-state index contributed by atoms with van der Waals surface area (Å²) < 4.78 is 40.3. The molecule has 1 heterocycles. The highest BCUT2D eigenvalue weighted by Crippen LogP contribution is 2.23. The number of nitro groups is 1. The molecule has 5 N–H and O–H groups in total. The Morgan fingerprint density at radius 1 is 1.61 bits per heavy atom. The molecular weight excluding hydrogens is 257 g/mol. The minimum Gasteiger partial charge on any atom is -0.468 e. The van der Waals surface area contributed by atoms with Gasteiger partial charge in [0.1, 0.15) is 0 Å². The summed E-state index contributed by atoms with van der Waals surface area (Å²) in [5.41, 5.74) is 8.42. The third kappa shape index (κ3) is 3.26. The van der Waals surface area contributed by atoms with E-state index < -0.39 is 34.9 Å². The molecule has 18 heavy (non-hydrogen) atoms. The number of hydrogen-bond donors (Lipinski definition) is 3. The van der Waals surface area contributed by atoms with Crippen molar-refractivity contribution in [3.05, 3.63) is 33.5 Å². The topological polar surface area (TPSA) is 116 Å². The molecular formula is C8H11F3N4O3. The highest BCUT2D eigenvalue weighted by molar-refractivity contribution is 5.31. The van der Waals surface area contributed by atoms with Crippen molar-refractivity contribution in [2.24, 2.45) is 11.5 Å². The van der Waals surface area contributed by atoms with Gasteiger partial charge in [0.15, 0.2) is 12.3 Å². The van der Waals surface area contributed by atoms with Gasteiger partial charge in [0.2, 0.25) is 5.88 Å². The fraction of sp³-hybridized carbons (Fsp3) is 0.500. The van der Waals surface area contributed by atoms with Crippen LogP contribution in [0.3, 0.4) is 0 Å². The van der Waals surface area contributed by atoms with Gasteiger partial charge in [-0.05, 0) is 6.92 Å². The number of halogens is 3. The lowest BCUT2D eigenvalue weighted by molar-refractivity contribution is -0.436. The Kier molecular flexibility index (Phi) is 3.42. The van der Waals surface area contributed by atoms with Crippen LogP contribution in [0.1, 0.15) is 6.92 Å². The van der Waals surface area contributed by atoms with Gasteiger partial charge in [-0.3, -0.25) is 15.8 Å². The molecule has 0 aromatic rings. The molecule has 10 heteroatoms. The van der Waals surface area contributed by atoms with Crippen LogP contribution in [0.5, 0.6) is 0 Å². The number of nitrogens with one attached hydrogen (secondary N) is 1. The Morgan fingerprint density at radius 3 is 2.61 bits per heavy atom. The maximum absolute atomic E-state index is 12.0. The Hall–Kier alpha value is -1.97. The van der Waals surface area contributed by atoms with E-state index in [9.17, 15) is 23.3 Å². The van der Waals surface area contributed by atoms with Gasteiger partial charge >= 0.3 is 6.18 Å². The molecule has 1 aliphatic heterocycles. The Balaban J connectivity index is 2.94. The monoisotopic (exact) mass is 268 g/mol. The van der Waals surface area contributed by atoms with Crippen LogP contribution in [0.15, 0.2) is 23.4 Å². The van der Waals surface area contributed by atoms with Crippen LogP contribution in [-0.2, 0) is 4.74 Å². The molecule has 1 unspecified atom stereocenters. The zero-order valence-corrected chi connectivity index (χ0v) is 9.25. The first-order valence-electron chi connectivity index (χ1n) is 4.66. The van der Waals surface area contributed by atoms with E-state index in [1.807, 2.05) is 0 Å². The highest BCUT2D eigenvalue weighted by Gasteiger charge is 2.40. The molecule has 0 spiro atoms. The zero-order valence-electron chi connectivity index (χ0n) is 9.25. The first-order valence-corrected chi connectivity index (χ1v) is 4.66. The van der Waals surface area contributed by atoms with Crippen molar-refractivity contribution in [1.82, 2.24) is 5.32 Å². The van der Waals surface area contributed by atoms with E-state index in [-0.39, 0.29) is 5.70 Å². The Morgan fingerprint density at radius 2 is 2.17 bits per heavy atom. The molecule has 0 aliphatic carbocycles. The second-order valence-electron chi connectivity index (χ2n) is 3.80. The molecule has 0 bridgehead atoms. The van der Waals surface area contributed by atoms with Crippen molar-refractivity contribution in [1.29, 1.82) is 0 Å². The van der Waals surface area contributed by atoms with E-state index in [4.69, 9.17) is 11.5 Å². The van der Waals surface area contributed by atoms with Crippen LogP contribution in [0.2, 0.25) is 0 Å². The lowest BCUT2D eigenvalue weighted by Crippen LogP contribution is -2.56. The minimum atomic E-state index is -4.55. The fourth-order valence-corrected chi connectivity index (χ4v) is 1.25. The second-order valence-corrected chi connectivity index (χ2v) is 3.80.